The molecule has 0 aliphatic rings. The van der Waals surface area contributed by atoms with E-state index in [2.05, 4.69) is 10.2 Å². The third kappa shape index (κ3) is 2.25. The molecule has 0 radical (unpaired) electrons. The molecule has 0 saturated carbocycles. The third-order valence-corrected chi connectivity index (χ3v) is 2.39. The van der Waals surface area contributed by atoms with Crippen molar-refractivity contribution in [1.82, 2.24) is 15.0 Å². The SMILES string of the molecule is COc1ccc(Cn2ncc(N)n2)cc1Cl. The fraction of sp³-hybridized carbons (Fsp3) is 0.200. The van der Waals surface area contributed by atoms with Gasteiger partial charge in [-0.15, -0.1) is 5.10 Å². The number of nitrogens with two attached hydrogens (primary N) is 1. The Balaban J connectivity index is 2.19. The second kappa shape index (κ2) is 4.40. The van der Waals surface area contributed by atoms with Gasteiger partial charge in [0.15, 0.2) is 5.82 Å². The molecule has 0 saturated heterocycles. The Kier molecular flexibility index (Phi) is 2.96. The zero-order chi connectivity index (χ0) is 11.5. The van der Waals surface area contributed by atoms with Gasteiger partial charge in [-0.3, -0.25) is 0 Å². The van der Waals surface area contributed by atoms with Crippen LogP contribution >= 0.6 is 11.6 Å². The molecule has 0 bridgehead atoms. The maximum Gasteiger partial charge on any atom is 0.165 e. The second-order valence-electron chi connectivity index (χ2n) is 3.27. The predicted molar refractivity (Wildman–Crippen MR) is 61.5 cm³/mol. The molecule has 0 fully saturated rings. The predicted octanol–water partition coefficient (Wildman–Crippen LogP) is 1.57. The zero-order valence-electron chi connectivity index (χ0n) is 8.72. The molecule has 2 rings (SSSR count). The maximum atomic E-state index is 6.00. The van der Waals surface area contributed by atoms with Crippen LogP contribution in [0.2, 0.25) is 5.02 Å². The number of anilines is 1. The van der Waals surface area contributed by atoms with Crippen molar-refractivity contribution in [3.63, 3.8) is 0 Å². The van der Waals surface area contributed by atoms with Crippen LogP contribution in [0.3, 0.4) is 0 Å². The molecule has 1 heterocycles. The Morgan fingerprint density at radius 2 is 2.31 bits per heavy atom. The number of hydrogen-bond donors (Lipinski definition) is 1. The minimum Gasteiger partial charge on any atom is -0.495 e. The topological polar surface area (TPSA) is 66.0 Å². The van der Waals surface area contributed by atoms with Gasteiger partial charge in [0.05, 0.1) is 24.9 Å². The van der Waals surface area contributed by atoms with Gasteiger partial charge in [0.25, 0.3) is 0 Å². The quantitative estimate of drug-likeness (QED) is 0.882. The van der Waals surface area contributed by atoms with E-state index in [1.807, 2.05) is 18.2 Å². The average Bonchev–Trinajstić information content (AvgIpc) is 2.64. The lowest BCUT2D eigenvalue weighted by Gasteiger charge is -2.05. The van der Waals surface area contributed by atoms with Crippen LogP contribution in [0.25, 0.3) is 0 Å². The van der Waals surface area contributed by atoms with Crippen molar-refractivity contribution in [2.45, 2.75) is 6.54 Å². The fourth-order valence-electron chi connectivity index (χ4n) is 1.36. The molecule has 1 aromatic heterocycles. The van der Waals surface area contributed by atoms with E-state index in [1.54, 1.807) is 7.11 Å². The molecule has 2 aromatic rings. The number of nitrogens with zero attached hydrogens (tertiary/aromatic N) is 3. The maximum absolute atomic E-state index is 6.00. The van der Waals surface area contributed by atoms with E-state index in [0.717, 1.165) is 5.56 Å². The fourth-order valence-corrected chi connectivity index (χ4v) is 1.64. The molecule has 0 aliphatic heterocycles. The van der Waals surface area contributed by atoms with Crippen molar-refractivity contribution in [2.75, 3.05) is 12.8 Å². The lowest BCUT2D eigenvalue weighted by molar-refractivity contribution is 0.414. The summed E-state index contributed by atoms with van der Waals surface area (Å²) in [7, 11) is 1.58. The highest BCUT2D eigenvalue weighted by Gasteiger charge is 2.03. The number of halogens is 1. The Morgan fingerprint density at radius 1 is 1.50 bits per heavy atom. The molecule has 0 aliphatic carbocycles. The van der Waals surface area contributed by atoms with Crippen LogP contribution in [-0.4, -0.2) is 22.1 Å². The van der Waals surface area contributed by atoms with Gasteiger partial charge in [0.2, 0.25) is 0 Å². The number of methoxy groups -OCH3 is 1. The van der Waals surface area contributed by atoms with Crippen molar-refractivity contribution < 1.29 is 4.74 Å². The summed E-state index contributed by atoms with van der Waals surface area (Å²) in [4.78, 5) is 1.51. The molecule has 5 nitrogen and oxygen atoms in total. The molecule has 0 amide bonds. The number of benzene rings is 1. The summed E-state index contributed by atoms with van der Waals surface area (Å²) in [5.74, 6) is 1.05. The smallest absolute Gasteiger partial charge is 0.165 e. The number of aromatic nitrogens is 3. The van der Waals surface area contributed by atoms with E-state index in [4.69, 9.17) is 22.1 Å². The Hall–Kier alpha value is -1.75. The zero-order valence-corrected chi connectivity index (χ0v) is 9.48. The molecule has 84 valence electrons. The summed E-state index contributed by atoms with van der Waals surface area (Å²) >= 11 is 6.00. The van der Waals surface area contributed by atoms with E-state index in [0.29, 0.717) is 23.1 Å². The standard InChI is InChI=1S/C10H11ClN4O/c1-16-9-3-2-7(4-8(9)11)6-15-13-5-10(12)14-15/h2-5H,6H2,1H3,(H2,12,14). The molecule has 6 heteroatoms. The van der Waals surface area contributed by atoms with Crippen LogP contribution < -0.4 is 10.5 Å². The molecule has 0 spiro atoms. The van der Waals surface area contributed by atoms with Crippen LogP contribution in [-0.2, 0) is 6.54 Å². The van der Waals surface area contributed by atoms with Crippen molar-refractivity contribution in [2.24, 2.45) is 0 Å². The molecule has 0 atom stereocenters. The number of rotatable bonds is 3. The van der Waals surface area contributed by atoms with Gasteiger partial charge < -0.3 is 10.5 Å². The first-order valence-electron chi connectivity index (χ1n) is 4.67. The number of nitrogen functional groups attached to an aromatic ring is 1. The highest BCUT2D eigenvalue weighted by atomic mass is 35.5. The Bertz CT molecular complexity index is 497. The molecule has 0 unspecified atom stereocenters. The summed E-state index contributed by atoms with van der Waals surface area (Å²) in [6.07, 6.45) is 1.51. The summed E-state index contributed by atoms with van der Waals surface area (Å²) in [6, 6.07) is 5.54. The summed E-state index contributed by atoms with van der Waals surface area (Å²) < 4.78 is 5.06. The third-order valence-electron chi connectivity index (χ3n) is 2.09. The first kappa shape index (κ1) is 10.8. The normalized spacial score (nSPS) is 10.4. The van der Waals surface area contributed by atoms with Crippen LogP contribution in [0, 0.1) is 0 Å². The van der Waals surface area contributed by atoms with Crippen molar-refractivity contribution in [1.29, 1.82) is 0 Å². The summed E-state index contributed by atoms with van der Waals surface area (Å²) in [5, 5.41) is 8.55. The molecule has 16 heavy (non-hydrogen) atoms. The first-order chi connectivity index (χ1) is 7.69. The van der Waals surface area contributed by atoms with Gasteiger partial charge >= 0.3 is 0 Å². The van der Waals surface area contributed by atoms with Crippen LogP contribution in [0.15, 0.2) is 24.4 Å². The summed E-state index contributed by atoms with van der Waals surface area (Å²) in [6.45, 7) is 0.529. The van der Waals surface area contributed by atoms with E-state index in [9.17, 15) is 0 Å². The van der Waals surface area contributed by atoms with Gasteiger partial charge in [-0.05, 0) is 17.7 Å². The van der Waals surface area contributed by atoms with Gasteiger partial charge in [0.1, 0.15) is 5.75 Å². The Labute approximate surface area is 97.8 Å². The van der Waals surface area contributed by atoms with Crippen molar-refractivity contribution in [3.05, 3.63) is 35.0 Å². The van der Waals surface area contributed by atoms with Crippen LogP contribution in [0.5, 0.6) is 5.75 Å². The highest BCUT2D eigenvalue weighted by Crippen LogP contribution is 2.25. The molecule has 2 N–H and O–H groups in total. The monoisotopic (exact) mass is 238 g/mol. The van der Waals surface area contributed by atoms with E-state index in [1.165, 1.54) is 11.0 Å². The lowest BCUT2D eigenvalue weighted by Crippen LogP contribution is -2.04. The number of hydrogen-bond acceptors (Lipinski definition) is 4. The van der Waals surface area contributed by atoms with Gasteiger partial charge in [-0.25, -0.2) is 0 Å². The first-order valence-corrected chi connectivity index (χ1v) is 5.05. The van der Waals surface area contributed by atoms with Gasteiger partial charge in [0, 0.05) is 0 Å². The average molecular weight is 239 g/mol. The largest absolute Gasteiger partial charge is 0.495 e. The minimum atomic E-state index is 0.402. The lowest BCUT2D eigenvalue weighted by atomic mass is 10.2. The minimum absolute atomic E-state index is 0.402. The number of ether oxygens (including phenoxy) is 1. The van der Waals surface area contributed by atoms with Crippen LogP contribution in [0.4, 0.5) is 5.82 Å². The van der Waals surface area contributed by atoms with Crippen molar-refractivity contribution >= 4 is 17.4 Å². The molecular weight excluding hydrogens is 228 g/mol. The van der Waals surface area contributed by atoms with Crippen molar-refractivity contribution in [3.8, 4) is 5.75 Å². The van der Waals surface area contributed by atoms with E-state index < -0.39 is 0 Å². The van der Waals surface area contributed by atoms with E-state index in [-0.39, 0.29) is 0 Å². The van der Waals surface area contributed by atoms with E-state index >= 15 is 0 Å². The highest BCUT2D eigenvalue weighted by molar-refractivity contribution is 6.32. The molecule has 1 aromatic carbocycles. The molecular formula is C10H11ClN4O. The van der Waals surface area contributed by atoms with Crippen LogP contribution in [0.1, 0.15) is 5.56 Å². The Morgan fingerprint density at radius 3 is 2.88 bits per heavy atom. The van der Waals surface area contributed by atoms with Gasteiger partial charge in [-0.1, -0.05) is 17.7 Å². The van der Waals surface area contributed by atoms with Gasteiger partial charge in [-0.2, -0.15) is 9.90 Å². The summed E-state index contributed by atoms with van der Waals surface area (Å²) in [5.41, 5.74) is 6.45. The second-order valence-corrected chi connectivity index (χ2v) is 3.68.